The Kier molecular flexibility index (Phi) is 5.31. The molecule has 1 aliphatic rings. The number of methoxy groups -OCH3 is 2. The number of anilines is 1. The van der Waals surface area contributed by atoms with Crippen molar-refractivity contribution in [3.63, 3.8) is 0 Å². The minimum absolute atomic E-state index is 0.183. The Labute approximate surface area is 126 Å². The highest BCUT2D eigenvalue weighted by atomic mass is 16.5. The molecule has 0 saturated heterocycles. The first-order chi connectivity index (χ1) is 10.1. The lowest BCUT2D eigenvalue weighted by Crippen LogP contribution is -2.43. The topological polar surface area (TPSA) is 59.6 Å². The third-order valence-electron chi connectivity index (χ3n) is 4.08. The summed E-state index contributed by atoms with van der Waals surface area (Å²) in [6.45, 7) is 2.19. The summed E-state index contributed by atoms with van der Waals surface area (Å²) in [4.78, 5) is 12.1. The standard InChI is InChI=1S/C16H24N2O3/c1-11-6-4-5-7-13(11)17-16(19)18-14-9-8-12(20-2)10-15(14)21-3/h8-11,13H,4-7H2,1-3H3,(H2,17,18,19). The smallest absolute Gasteiger partial charge is 0.319 e. The first-order valence-electron chi connectivity index (χ1n) is 7.43. The maximum absolute atomic E-state index is 12.1. The van der Waals surface area contributed by atoms with Crippen LogP contribution in [0.5, 0.6) is 11.5 Å². The lowest BCUT2D eigenvalue weighted by Gasteiger charge is -2.29. The summed E-state index contributed by atoms with van der Waals surface area (Å²) in [5.74, 6) is 1.81. The second-order valence-corrected chi connectivity index (χ2v) is 5.53. The van der Waals surface area contributed by atoms with Crippen molar-refractivity contribution in [2.24, 2.45) is 5.92 Å². The Balaban J connectivity index is 1.98. The number of amides is 2. The number of carbonyl (C=O) groups is 1. The van der Waals surface area contributed by atoms with Gasteiger partial charge in [0.1, 0.15) is 11.5 Å². The van der Waals surface area contributed by atoms with Crippen LogP contribution >= 0.6 is 0 Å². The van der Waals surface area contributed by atoms with E-state index in [1.54, 1.807) is 32.4 Å². The van der Waals surface area contributed by atoms with Crippen LogP contribution in [0.25, 0.3) is 0 Å². The van der Waals surface area contributed by atoms with E-state index in [-0.39, 0.29) is 12.1 Å². The molecule has 2 rings (SSSR count). The highest BCUT2D eigenvalue weighted by molar-refractivity contribution is 5.91. The van der Waals surface area contributed by atoms with Crippen molar-refractivity contribution in [1.82, 2.24) is 5.32 Å². The van der Waals surface area contributed by atoms with E-state index >= 15 is 0 Å². The molecule has 1 aliphatic carbocycles. The second-order valence-electron chi connectivity index (χ2n) is 5.53. The Hall–Kier alpha value is -1.91. The van der Waals surface area contributed by atoms with Crippen LogP contribution in [0.2, 0.25) is 0 Å². The summed E-state index contributed by atoms with van der Waals surface area (Å²) < 4.78 is 10.4. The van der Waals surface area contributed by atoms with Crippen molar-refractivity contribution >= 4 is 11.7 Å². The Morgan fingerprint density at radius 3 is 2.62 bits per heavy atom. The third kappa shape index (κ3) is 4.03. The zero-order chi connectivity index (χ0) is 15.2. The van der Waals surface area contributed by atoms with Crippen LogP contribution in [0, 0.1) is 5.92 Å². The predicted molar refractivity (Wildman–Crippen MR) is 83.1 cm³/mol. The maximum atomic E-state index is 12.1. The molecule has 0 aromatic heterocycles. The molecule has 5 heteroatoms. The number of rotatable bonds is 4. The average molecular weight is 292 g/mol. The van der Waals surface area contributed by atoms with Crippen LogP contribution in [-0.2, 0) is 0 Å². The molecule has 0 spiro atoms. The highest BCUT2D eigenvalue weighted by Crippen LogP contribution is 2.29. The van der Waals surface area contributed by atoms with Crippen molar-refractivity contribution in [2.45, 2.75) is 38.6 Å². The molecule has 0 bridgehead atoms. The fourth-order valence-corrected chi connectivity index (χ4v) is 2.76. The molecule has 0 radical (unpaired) electrons. The molecular formula is C16H24N2O3. The van der Waals surface area contributed by atoms with Crippen LogP contribution in [0.1, 0.15) is 32.6 Å². The summed E-state index contributed by atoms with van der Waals surface area (Å²) in [6.07, 6.45) is 4.67. The molecule has 1 fully saturated rings. The number of hydrogen-bond acceptors (Lipinski definition) is 3. The van der Waals surface area contributed by atoms with Gasteiger partial charge in [-0.15, -0.1) is 0 Å². The zero-order valence-corrected chi connectivity index (χ0v) is 12.9. The fraction of sp³-hybridized carbons (Fsp3) is 0.562. The normalized spacial score (nSPS) is 21.5. The van der Waals surface area contributed by atoms with Crippen LogP contribution in [0.4, 0.5) is 10.5 Å². The van der Waals surface area contributed by atoms with Gasteiger partial charge in [0.25, 0.3) is 0 Å². The third-order valence-corrected chi connectivity index (χ3v) is 4.08. The maximum Gasteiger partial charge on any atom is 0.319 e. The van der Waals surface area contributed by atoms with Crippen molar-refractivity contribution < 1.29 is 14.3 Å². The van der Waals surface area contributed by atoms with Gasteiger partial charge in [0.15, 0.2) is 0 Å². The molecule has 21 heavy (non-hydrogen) atoms. The van der Waals surface area contributed by atoms with E-state index in [9.17, 15) is 4.79 Å². The summed E-state index contributed by atoms with van der Waals surface area (Å²) >= 11 is 0. The monoisotopic (exact) mass is 292 g/mol. The molecule has 2 unspecified atom stereocenters. The van der Waals surface area contributed by atoms with Gasteiger partial charge in [-0.25, -0.2) is 4.79 Å². The molecular weight excluding hydrogens is 268 g/mol. The summed E-state index contributed by atoms with van der Waals surface area (Å²) in [5, 5.41) is 5.91. The fourth-order valence-electron chi connectivity index (χ4n) is 2.76. The molecule has 1 aromatic rings. The molecule has 1 saturated carbocycles. The SMILES string of the molecule is COc1ccc(NC(=O)NC2CCCCC2C)c(OC)c1. The number of benzene rings is 1. The van der Waals surface area contributed by atoms with E-state index < -0.39 is 0 Å². The van der Waals surface area contributed by atoms with Gasteiger partial charge in [0.05, 0.1) is 19.9 Å². The molecule has 5 nitrogen and oxygen atoms in total. The second kappa shape index (κ2) is 7.20. The average Bonchev–Trinajstić information content (AvgIpc) is 2.50. The number of urea groups is 1. The Bertz CT molecular complexity index is 490. The van der Waals surface area contributed by atoms with Crippen LogP contribution in [-0.4, -0.2) is 26.3 Å². The molecule has 2 N–H and O–H groups in total. The molecule has 2 atom stereocenters. The molecule has 116 valence electrons. The molecule has 0 heterocycles. The number of hydrogen-bond donors (Lipinski definition) is 2. The van der Waals surface area contributed by atoms with Gasteiger partial charge in [0.2, 0.25) is 0 Å². The highest BCUT2D eigenvalue weighted by Gasteiger charge is 2.23. The van der Waals surface area contributed by atoms with Crippen LogP contribution in [0.15, 0.2) is 18.2 Å². The molecule has 1 aromatic carbocycles. The van der Waals surface area contributed by atoms with E-state index in [0.717, 1.165) is 6.42 Å². The van der Waals surface area contributed by atoms with Crippen molar-refractivity contribution in [3.8, 4) is 11.5 Å². The quantitative estimate of drug-likeness (QED) is 0.894. The van der Waals surface area contributed by atoms with E-state index in [2.05, 4.69) is 17.6 Å². The van der Waals surface area contributed by atoms with Gasteiger partial charge >= 0.3 is 6.03 Å². The van der Waals surface area contributed by atoms with Crippen LogP contribution < -0.4 is 20.1 Å². The largest absolute Gasteiger partial charge is 0.497 e. The van der Waals surface area contributed by atoms with E-state index in [1.807, 2.05) is 0 Å². The van der Waals surface area contributed by atoms with Gasteiger partial charge in [-0.05, 0) is 30.9 Å². The lowest BCUT2D eigenvalue weighted by molar-refractivity contribution is 0.232. The molecule has 0 aliphatic heterocycles. The van der Waals surface area contributed by atoms with Gasteiger partial charge in [0, 0.05) is 12.1 Å². The Morgan fingerprint density at radius 1 is 1.19 bits per heavy atom. The summed E-state index contributed by atoms with van der Waals surface area (Å²) in [7, 11) is 3.17. The summed E-state index contributed by atoms with van der Waals surface area (Å²) in [6, 6.07) is 5.39. The lowest BCUT2D eigenvalue weighted by atomic mass is 9.86. The van der Waals surface area contributed by atoms with Crippen LogP contribution in [0.3, 0.4) is 0 Å². The van der Waals surface area contributed by atoms with E-state index in [0.29, 0.717) is 23.1 Å². The first kappa shape index (κ1) is 15.5. The van der Waals surface area contributed by atoms with E-state index in [4.69, 9.17) is 9.47 Å². The van der Waals surface area contributed by atoms with Gasteiger partial charge < -0.3 is 20.1 Å². The predicted octanol–water partition coefficient (Wildman–Crippen LogP) is 3.40. The number of ether oxygens (including phenoxy) is 2. The van der Waals surface area contributed by atoms with Crippen molar-refractivity contribution in [3.05, 3.63) is 18.2 Å². The first-order valence-corrected chi connectivity index (χ1v) is 7.43. The minimum atomic E-state index is -0.183. The molecule has 2 amide bonds. The van der Waals surface area contributed by atoms with E-state index in [1.165, 1.54) is 19.3 Å². The van der Waals surface area contributed by atoms with Crippen molar-refractivity contribution in [2.75, 3.05) is 19.5 Å². The zero-order valence-electron chi connectivity index (χ0n) is 12.9. The summed E-state index contributed by atoms with van der Waals surface area (Å²) in [5.41, 5.74) is 0.638. The van der Waals surface area contributed by atoms with Crippen molar-refractivity contribution in [1.29, 1.82) is 0 Å². The van der Waals surface area contributed by atoms with Gasteiger partial charge in [-0.3, -0.25) is 0 Å². The van der Waals surface area contributed by atoms with Gasteiger partial charge in [-0.2, -0.15) is 0 Å². The van der Waals surface area contributed by atoms with Gasteiger partial charge in [-0.1, -0.05) is 19.8 Å². The number of nitrogens with one attached hydrogen (secondary N) is 2. The number of carbonyl (C=O) groups excluding carboxylic acids is 1. The Morgan fingerprint density at radius 2 is 1.95 bits per heavy atom. The minimum Gasteiger partial charge on any atom is -0.497 e.